The number of sulfone groups is 2. The number of halogens is 8. The van der Waals surface area contributed by atoms with E-state index in [-0.39, 0.29) is 57.5 Å². The number of alkyl halides is 6. The van der Waals surface area contributed by atoms with Crippen molar-refractivity contribution in [2.45, 2.75) is 58.3 Å². The first kappa shape index (κ1) is 51.2. The third kappa shape index (κ3) is 11.4. The highest BCUT2D eigenvalue weighted by Crippen LogP contribution is 2.46. The van der Waals surface area contributed by atoms with Gasteiger partial charge < -0.3 is 9.47 Å². The zero-order valence-corrected chi connectivity index (χ0v) is 39.9. The highest BCUT2D eigenvalue weighted by Gasteiger charge is 2.35. The van der Waals surface area contributed by atoms with Crippen LogP contribution in [0.3, 0.4) is 0 Å². The Labute approximate surface area is 418 Å². The molecule has 0 fully saturated rings. The fourth-order valence-electron chi connectivity index (χ4n) is 8.79. The Morgan fingerprint density at radius 2 is 0.905 bits per heavy atom. The summed E-state index contributed by atoms with van der Waals surface area (Å²) in [5.74, 6) is -2.29. The smallest absolute Gasteiger partial charge is 0.416 e. The molecule has 0 N–H and O–H groups in total. The molecule has 12 nitrogen and oxygen atoms in total. The van der Waals surface area contributed by atoms with Gasteiger partial charge in [-0.2, -0.15) is 55.5 Å². The molecule has 0 aliphatic carbocycles. The molecule has 74 heavy (non-hydrogen) atoms. The lowest BCUT2D eigenvalue weighted by molar-refractivity contribution is -0.138. The topological polar surface area (TPSA) is 164 Å². The van der Waals surface area contributed by atoms with Crippen LogP contribution in [-0.4, -0.2) is 60.4 Å². The molecule has 10 rings (SSSR count). The fraction of sp³-hybridized carbons (Fsp3) is 0.192. The lowest BCUT2D eigenvalue weighted by atomic mass is 9.82. The molecule has 2 aliphatic heterocycles. The highest BCUT2D eigenvalue weighted by atomic mass is 32.2. The zero-order valence-electron chi connectivity index (χ0n) is 38.2. The third-order valence-electron chi connectivity index (χ3n) is 12.3. The first-order valence-corrected chi connectivity index (χ1v) is 25.7. The van der Waals surface area contributed by atoms with E-state index >= 15 is 0 Å². The minimum atomic E-state index is -4.57. The molecular formula is C52H38F8N6O6S2. The number of hydrogen-bond donors (Lipinski definition) is 0. The molecule has 0 saturated carbocycles. The van der Waals surface area contributed by atoms with E-state index in [0.29, 0.717) is 69.1 Å². The maximum atomic E-state index is 13.5. The summed E-state index contributed by atoms with van der Waals surface area (Å²) in [4.78, 5) is 7.27. The third-order valence-corrected chi connectivity index (χ3v) is 15.6. The monoisotopic (exact) mass is 1060 g/mol. The first-order valence-electron chi connectivity index (χ1n) is 22.4. The molecule has 0 radical (unpaired) electrons. The summed E-state index contributed by atoms with van der Waals surface area (Å²) in [5.41, 5.74) is 2.52. The second-order valence-electron chi connectivity index (χ2n) is 17.1. The van der Waals surface area contributed by atoms with Crippen molar-refractivity contribution in [2.75, 3.05) is 13.2 Å². The van der Waals surface area contributed by atoms with Crippen LogP contribution in [0.1, 0.15) is 69.4 Å². The number of pyridine rings is 2. The number of ether oxygens (including phenoxy) is 2. The van der Waals surface area contributed by atoms with Crippen molar-refractivity contribution in [1.82, 2.24) is 30.4 Å². The molecule has 4 aromatic carbocycles. The molecule has 0 spiro atoms. The summed E-state index contributed by atoms with van der Waals surface area (Å²) in [6.07, 6.45) is -2.97. The van der Waals surface area contributed by atoms with E-state index in [1.165, 1.54) is 73.3 Å². The van der Waals surface area contributed by atoms with Gasteiger partial charge in [0.05, 0.1) is 57.0 Å². The number of rotatable bonds is 10. The summed E-state index contributed by atoms with van der Waals surface area (Å²) in [5, 5.41) is 15.1. The normalized spacial score (nSPS) is 15.6. The van der Waals surface area contributed by atoms with Crippen LogP contribution in [0.2, 0.25) is 0 Å². The van der Waals surface area contributed by atoms with Gasteiger partial charge in [-0.3, -0.25) is 0 Å². The summed E-state index contributed by atoms with van der Waals surface area (Å²) >= 11 is 0. The van der Waals surface area contributed by atoms with Crippen molar-refractivity contribution < 1.29 is 61.4 Å². The van der Waals surface area contributed by atoms with E-state index in [0.717, 1.165) is 36.4 Å². The largest absolute Gasteiger partial charge is 0.493 e. The Morgan fingerprint density at radius 1 is 0.500 bits per heavy atom. The van der Waals surface area contributed by atoms with E-state index in [9.17, 15) is 52.0 Å². The minimum absolute atomic E-state index is 0.0351. The van der Waals surface area contributed by atoms with Crippen LogP contribution in [0, 0.1) is 11.9 Å². The lowest BCUT2D eigenvalue weighted by Crippen LogP contribution is -2.17. The summed E-state index contributed by atoms with van der Waals surface area (Å²) < 4.78 is 171. The van der Waals surface area contributed by atoms with Gasteiger partial charge in [0.25, 0.3) is 0 Å². The minimum Gasteiger partial charge on any atom is -0.493 e. The number of benzene rings is 4. The van der Waals surface area contributed by atoms with Crippen molar-refractivity contribution in [3.05, 3.63) is 203 Å². The number of aromatic nitrogens is 6. The molecule has 0 saturated heterocycles. The van der Waals surface area contributed by atoms with Crippen molar-refractivity contribution >= 4 is 19.7 Å². The van der Waals surface area contributed by atoms with Gasteiger partial charge in [0.15, 0.2) is 19.7 Å². The van der Waals surface area contributed by atoms with Crippen LogP contribution in [0.25, 0.3) is 22.3 Å². The van der Waals surface area contributed by atoms with Crippen LogP contribution >= 0.6 is 0 Å². The average Bonchev–Trinajstić information content (AvgIpc) is 3.39. The second-order valence-corrected chi connectivity index (χ2v) is 21.0. The molecule has 8 aromatic rings. The Kier molecular flexibility index (Phi) is 14.3. The Hall–Kier alpha value is -7.72. The predicted octanol–water partition coefficient (Wildman–Crippen LogP) is 11.2. The maximum Gasteiger partial charge on any atom is 0.416 e. The SMILES string of the molecule is O=S(=O)(Cc1cccnn1)c1ccc2c(c1)OCC[C@@H]2c1ccc(C(F)(F)F)cc1-c1ccc(F)nc1.O=S(=O)(Cc1cccnn1)c1ccc2c(c1)OCC[C@H]2c1ccc(C(F)(F)F)cc1-c1ccc(F)nc1. The van der Waals surface area contributed by atoms with Gasteiger partial charge in [0, 0.05) is 58.9 Å². The van der Waals surface area contributed by atoms with Crippen molar-refractivity contribution in [3.63, 3.8) is 0 Å². The van der Waals surface area contributed by atoms with Crippen LogP contribution in [0.5, 0.6) is 11.5 Å². The van der Waals surface area contributed by atoms with Crippen LogP contribution in [0.4, 0.5) is 35.1 Å². The van der Waals surface area contributed by atoms with Gasteiger partial charge in [-0.15, -0.1) is 0 Å². The van der Waals surface area contributed by atoms with Gasteiger partial charge >= 0.3 is 12.4 Å². The molecule has 22 heteroatoms. The number of nitrogens with zero attached hydrogens (tertiary/aromatic N) is 6. The fourth-order valence-corrected chi connectivity index (χ4v) is 11.3. The first-order chi connectivity index (χ1) is 35.2. The molecule has 2 atom stereocenters. The standard InChI is InChI=1S/2C26H19F4N3O3S/c2*27-25-8-3-16(14-31-25)23-12-17(26(28,29)30)4-6-20(23)21-9-11-36-24-13-19(5-7-22(21)24)37(34,35)15-18-2-1-10-32-33-18/h2*1-8,10,12-14,21H,9,11,15H2/t2*21-/m10/s1. The zero-order chi connectivity index (χ0) is 52.4. The van der Waals surface area contributed by atoms with Gasteiger partial charge in [-0.1, -0.05) is 24.3 Å². The van der Waals surface area contributed by atoms with Crippen molar-refractivity contribution in [3.8, 4) is 33.8 Å². The highest BCUT2D eigenvalue weighted by molar-refractivity contribution is 7.91. The van der Waals surface area contributed by atoms with Gasteiger partial charge in [-0.05, 0) is 132 Å². The van der Waals surface area contributed by atoms with E-state index in [2.05, 4.69) is 30.4 Å². The van der Waals surface area contributed by atoms with Crippen molar-refractivity contribution in [2.24, 2.45) is 0 Å². The lowest BCUT2D eigenvalue weighted by Gasteiger charge is -2.29. The summed E-state index contributed by atoms with van der Waals surface area (Å²) in [6, 6.07) is 27.1. The summed E-state index contributed by atoms with van der Waals surface area (Å²) in [6.45, 7) is 0.459. The van der Waals surface area contributed by atoms with E-state index in [4.69, 9.17) is 9.47 Å². The molecule has 6 heterocycles. The quantitative estimate of drug-likeness (QED) is 0.0942. The molecule has 380 valence electrons. The van der Waals surface area contributed by atoms with Gasteiger partial charge in [-0.25, -0.2) is 26.8 Å². The number of fused-ring (bicyclic) bond motifs is 2. The van der Waals surface area contributed by atoms with E-state index < -0.39 is 55.0 Å². The number of hydrogen-bond acceptors (Lipinski definition) is 12. The maximum absolute atomic E-state index is 13.5. The molecule has 0 unspecified atom stereocenters. The molecule has 2 aliphatic rings. The van der Waals surface area contributed by atoms with Gasteiger partial charge in [0.1, 0.15) is 11.5 Å². The van der Waals surface area contributed by atoms with Gasteiger partial charge in [0.2, 0.25) is 11.9 Å². The predicted molar refractivity (Wildman–Crippen MR) is 252 cm³/mol. The van der Waals surface area contributed by atoms with Crippen LogP contribution < -0.4 is 9.47 Å². The van der Waals surface area contributed by atoms with E-state index in [1.54, 1.807) is 36.4 Å². The average molecular weight is 1060 g/mol. The molecule has 0 amide bonds. The Bertz CT molecular complexity index is 3320. The van der Waals surface area contributed by atoms with E-state index in [1.807, 2.05) is 0 Å². The molecule has 4 aromatic heterocycles. The van der Waals surface area contributed by atoms with Crippen LogP contribution in [0.15, 0.2) is 156 Å². The Balaban J connectivity index is 0.000000182. The van der Waals surface area contributed by atoms with Crippen LogP contribution in [-0.2, 0) is 43.5 Å². The second kappa shape index (κ2) is 20.7. The molecular weight excluding hydrogens is 1020 g/mol. The van der Waals surface area contributed by atoms with Crippen molar-refractivity contribution in [1.29, 1.82) is 0 Å². The summed E-state index contributed by atoms with van der Waals surface area (Å²) in [7, 11) is -7.51. The Morgan fingerprint density at radius 3 is 1.26 bits per heavy atom. The molecule has 0 bridgehead atoms.